The maximum atomic E-state index is 11.3. The van der Waals surface area contributed by atoms with E-state index >= 15 is 0 Å². The molecule has 326 valence electrons. The van der Waals surface area contributed by atoms with Crippen molar-refractivity contribution in [2.75, 3.05) is 13.2 Å². The van der Waals surface area contributed by atoms with Crippen molar-refractivity contribution in [3.05, 3.63) is 70.9 Å². The lowest BCUT2D eigenvalue weighted by Crippen LogP contribution is -2.27. The normalized spacial score (nSPS) is 19.3. The molecular formula is C38H71O14P4+. The monoisotopic (exact) mass is 875 g/mol. The van der Waals surface area contributed by atoms with Gasteiger partial charge in [-0.15, -0.1) is 4.52 Å². The summed E-state index contributed by atoms with van der Waals surface area (Å²) in [6.07, 6.45) is 28.1. The van der Waals surface area contributed by atoms with Crippen molar-refractivity contribution >= 4 is 32.7 Å². The fourth-order valence-electron chi connectivity index (χ4n) is 5.81. The molecule has 0 heterocycles. The van der Waals surface area contributed by atoms with Gasteiger partial charge in [0.15, 0.2) is 0 Å². The Morgan fingerprint density at radius 2 is 1.25 bits per heavy atom. The lowest BCUT2D eigenvalue weighted by atomic mass is 9.77. The summed E-state index contributed by atoms with van der Waals surface area (Å²) in [6, 6.07) is 0. The van der Waals surface area contributed by atoms with E-state index in [1.165, 1.54) is 48.8 Å². The van der Waals surface area contributed by atoms with E-state index in [1.807, 2.05) is 13.8 Å². The number of allylic oxidation sites excluding steroid dienone is 9. The average molecular weight is 876 g/mol. The largest absolute Gasteiger partial charge is 0.631 e. The Balaban J connectivity index is 0.00000108. The third kappa shape index (κ3) is 34.5. The van der Waals surface area contributed by atoms with Crippen molar-refractivity contribution in [2.45, 2.75) is 145 Å². The van der Waals surface area contributed by atoms with Crippen molar-refractivity contribution in [3.63, 3.8) is 0 Å². The fraction of sp³-hybridized carbons (Fsp3) is 0.684. The zero-order chi connectivity index (χ0) is 43.1. The van der Waals surface area contributed by atoms with Crippen molar-refractivity contribution in [2.24, 2.45) is 11.3 Å². The summed E-state index contributed by atoms with van der Waals surface area (Å²) in [7, 11) is -19.4. The van der Waals surface area contributed by atoms with Crippen molar-refractivity contribution in [1.29, 1.82) is 0 Å². The summed E-state index contributed by atoms with van der Waals surface area (Å²) in [5.41, 5.74) is 6.37. The molecule has 0 spiro atoms. The molecule has 1 fully saturated rings. The summed E-state index contributed by atoms with van der Waals surface area (Å²) in [5.74, 6) is 0.500. The van der Waals surface area contributed by atoms with Crippen LogP contribution in [-0.4, -0.2) is 47.5 Å². The summed E-state index contributed by atoms with van der Waals surface area (Å²) >= 11 is 0. The first-order valence-electron chi connectivity index (χ1n) is 19.1. The Kier molecular flexibility index (Phi) is 28.0. The van der Waals surface area contributed by atoms with E-state index in [2.05, 4.69) is 78.6 Å². The first-order chi connectivity index (χ1) is 25.7. The topological polar surface area (TPSA) is 248 Å². The van der Waals surface area contributed by atoms with E-state index in [4.69, 9.17) is 29.0 Å². The molecular weight excluding hydrogens is 804 g/mol. The van der Waals surface area contributed by atoms with Crippen molar-refractivity contribution < 1.29 is 66.6 Å². The summed E-state index contributed by atoms with van der Waals surface area (Å²) in [5, 5.41) is 0. The number of rotatable bonds is 22. The van der Waals surface area contributed by atoms with Gasteiger partial charge < -0.3 is 14.7 Å². The quantitative estimate of drug-likeness (QED) is 0.0308. The molecule has 0 amide bonds. The molecule has 0 bridgehead atoms. The minimum Gasteiger partial charge on any atom is -0.631 e. The molecule has 2 atom stereocenters. The highest BCUT2D eigenvalue weighted by molar-refractivity contribution is 7.67. The Morgan fingerprint density at radius 3 is 1.86 bits per heavy atom. The number of unbranched alkanes of at least 4 members (excludes halogenated alkanes) is 1. The number of hydrogen-bond acceptors (Lipinski definition) is 14. The third-order valence-electron chi connectivity index (χ3n) is 9.03. The first kappa shape index (κ1) is 55.6. The Hall–Kier alpha value is -0.400. The van der Waals surface area contributed by atoms with Gasteiger partial charge in [-0.3, -0.25) is 0 Å². The van der Waals surface area contributed by atoms with E-state index in [-0.39, 0.29) is 13.2 Å². The third-order valence-corrected chi connectivity index (χ3v) is 13.4. The van der Waals surface area contributed by atoms with Crippen LogP contribution in [0.2, 0.25) is 0 Å². The minimum atomic E-state index is -5.33. The summed E-state index contributed by atoms with van der Waals surface area (Å²) in [4.78, 5) is 94.6. The van der Waals surface area contributed by atoms with E-state index in [0.717, 1.165) is 75.4 Å². The number of phosphoric ester groups is 1. The van der Waals surface area contributed by atoms with Crippen LogP contribution in [0.15, 0.2) is 70.9 Å². The molecule has 0 saturated heterocycles. The van der Waals surface area contributed by atoms with Crippen LogP contribution in [0, 0.1) is 11.3 Å². The number of hydrogen-bond donors (Lipinski definition) is 7. The van der Waals surface area contributed by atoms with E-state index in [0.29, 0.717) is 11.3 Å². The molecule has 1 unspecified atom stereocenters. The van der Waals surface area contributed by atoms with Gasteiger partial charge in [-0.05, 0) is 134 Å². The predicted octanol–water partition coefficient (Wildman–Crippen LogP) is 8.20. The van der Waals surface area contributed by atoms with Crippen LogP contribution in [0.4, 0.5) is 0 Å². The molecule has 0 aromatic heterocycles. The Bertz CT molecular complexity index is 1280. The van der Waals surface area contributed by atoms with E-state index in [9.17, 15) is 24.5 Å². The van der Waals surface area contributed by atoms with Gasteiger partial charge in [0, 0.05) is 0 Å². The molecule has 0 aromatic carbocycles. The Labute approximate surface area is 338 Å². The highest BCUT2D eigenvalue weighted by Gasteiger charge is 2.57. The molecule has 0 aromatic rings. The van der Waals surface area contributed by atoms with Crippen LogP contribution >= 0.6 is 32.7 Å². The van der Waals surface area contributed by atoms with Crippen LogP contribution in [0.25, 0.3) is 0 Å². The Morgan fingerprint density at radius 1 is 0.696 bits per heavy atom. The van der Waals surface area contributed by atoms with Gasteiger partial charge >= 0.3 is 24.5 Å². The van der Waals surface area contributed by atoms with Crippen LogP contribution in [0.1, 0.15) is 145 Å². The molecule has 1 saturated carbocycles. The molecule has 0 radical (unpaired) electrons. The minimum absolute atomic E-state index is 0.159. The molecule has 1 aliphatic rings. The second-order valence-electron chi connectivity index (χ2n) is 15.4. The van der Waals surface area contributed by atoms with Gasteiger partial charge in [-0.1, -0.05) is 97.6 Å². The van der Waals surface area contributed by atoms with Gasteiger partial charge in [0.1, 0.15) is 13.2 Å². The fourth-order valence-corrected chi connectivity index (χ4v) is 8.90. The van der Waals surface area contributed by atoms with Crippen LogP contribution in [0.3, 0.4) is 0 Å². The SMILES string of the molecule is C=C1CCCC(C)(C)CCCC[C@@H]1CC/C(C)=C/CO[P+](O)(O)O[P+](O)(O)O.CC(C)=CCC/C=C/CC/C(C)=C/CC/C(C)=C/CO[P+]([O-])(O)O[P+]([O-])([O-])O. The van der Waals surface area contributed by atoms with Gasteiger partial charge in [0.25, 0.3) is 8.17 Å². The molecule has 7 N–H and O–H groups in total. The number of phosphoric acid groups is 2. The lowest BCUT2D eigenvalue weighted by molar-refractivity contribution is -0.360. The lowest BCUT2D eigenvalue weighted by Gasteiger charge is -2.28. The molecule has 1 aliphatic carbocycles. The van der Waals surface area contributed by atoms with Gasteiger partial charge in [0.2, 0.25) is 0 Å². The van der Waals surface area contributed by atoms with Crippen molar-refractivity contribution in [1.82, 2.24) is 0 Å². The van der Waals surface area contributed by atoms with Crippen LogP contribution in [0.5, 0.6) is 0 Å². The first-order valence-corrected chi connectivity index (χ1v) is 25.2. The molecule has 1 rings (SSSR count). The van der Waals surface area contributed by atoms with Crippen LogP contribution in [-0.2, 0) is 17.7 Å². The van der Waals surface area contributed by atoms with Gasteiger partial charge in [0.05, 0.1) is 4.31 Å². The van der Waals surface area contributed by atoms with Crippen molar-refractivity contribution in [3.8, 4) is 0 Å². The molecule has 56 heavy (non-hydrogen) atoms. The summed E-state index contributed by atoms with van der Waals surface area (Å²) < 4.78 is 16.8. The maximum absolute atomic E-state index is 11.3. The second-order valence-corrected chi connectivity index (χ2v) is 21.1. The zero-order valence-electron chi connectivity index (χ0n) is 34.5. The van der Waals surface area contributed by atoms with E-state index < -0.39 is 32.7 Å². The highest BCUT2D eigenvalue weighted by Crippen LogP contribution is 2.67. The highest BCUT2D eigenvalue weighted by atomic mass is 31.3. The standard InChI is InChI=1S/C19H38O7P2.C19H34O7P2/c1-16(12-15-25-28(23,24)26-27(20,21)22)10-11-18-9-5-6-13-19(3,4)14-7-8-17(18)2;1-17(2)11-8-6-5-7-9-12-18(3)13-10-14-19(4)15-16-25-28(23,24)26-27(20,21)22/h12,18,20-24H,2,5-11,13-15H2,1,3-4H3;5,7,11,13,15H,6,8-10,12,14,16H2,1-4H3,(H,23,24)(H2,20,21,22)/q+2;/p-1/b16-12+;7-5+,18-13+,19-15+/t18-;/m1./s1. The van der Waals surface area contributed by atoms with E-state index in [1.54, 1.807) is 12.2 Å². The summed E-state index contributed by atoms with van der Waals surface area (Å²) in [6.45, 7) is 18.7. The van der Waals surface area contributed by atoms with Crippen LogP contribution < -0.4 is 14.7 Å². The predicted molar refractivity (Wildman–Crippen MR) is 223 cm³/mol. The smallest absolute Gasteiger partial charge is 0.620 e. The van der Waals surface area contributed by atoms with Gasteiger partial charge in [-0.25, -0.2) is 4.89 Å². The van der Waals surface area contributed by atoms with Gasteiger partial charge in [-0.2, -0.15) is 33.9 Å². The zero-order valence-corrected chi connectivity index (χ0v) is 38.1. The maximum Gasteiger partial charge on any atom is 0.620 e. The average Bonchev–Trinajstić information content (AvgIpc) is 3.01. The molecule has 18 heteroatoms. The molecule has 14 nitrogen and oxygen atoms in total. The second kappa shape index (κ2) is 28.2. The molecule has 0 aliphatic heterocycles.